The van der Waals surface area contributed by atoms with Gasteiger partial charge in [-0.25, -0.2) is 13.8 Å². The molecule has 0 saturated heterocycles. The summed E-state index contributed by atoms with van der Waals surface area (Å²) in [6, 6.07) is 34.3. The van der Waals surface area contributed by atoms with E-state index in [2.05, 4.69) is 28.7 Å². The van der Waals surface area contributed by atoms with Gasteiger partial charge < -0.3 is 4.74 Å². The minimum Gasteiger partial charge on any atom is -0.489 e. The molecule has 0 aliphatic carbocycles. The standard InChI is InChI=1S/C33H28ClN3O4S/c1-24-14-17-28(20-32(24)34)37(42(39,40)30-11-3-2-4-12-30)22-33(38)36-35-21-25-15-18-29(19-16-25)41-23-27-10-7-9-26-8-5-6-13-31(26)27/h2-21H,22-23H2,1H3,(H,36,38)/b35-21-. The molecule has 0 aliphatic rings. The number of ether oxygens (including phenoxy) is 1. The van der Waals surface area contributed by atoms with E-state index >= 15 is 0 Å². The van der Waals surface area contributed by atoms with Crippen molar-refractivity contribution in [2.24, 2.45) is 5.10 Å². The van der Waals surface area contributed by atoms with Crippen molar-refractivity contribution >= 4 is 50.2 Å². The highest BCUT2D eigenvalue weighted by Gasteiger charge is 2.27. The number of fused-ring (bicyclic) bond motifs is 1. The number of aryl methyl sites for hydroxylation is 1. The Bertz CT molecular complexity index is 1840. The Kier molecular flexibility index (Phi) is 8.85. The number of hydrogen-bond acceptors (Lipinski definition) is 5. The van der Waals surface area contributed by atoms with Gasteiger partial charge in [0.15, 0.2) is 0 Å². The maximum Gasteiger partial charge on any atom is 0.264 e. The van der Waals surface area contributed by atoms with Gasteiger partial charge in [-0.1, -0.05) is 78.3 Å². The fourth-order valence-corrected chi connectivity index (χ4v) is 5.95. The first-order chi connectivity index (χ1) is 20.3. The van der Waals surface area contributed by atoms with E-state index in [0.717, 1.165) is 31.8 Å². The second kappa shape index (κ2) is 12.9. The van der Waals surface area contributed by atoms with Crippen molar-refractivity contribution in [3.63, 3.8) is 0 Å². The van der Waals surface area contributed by atoms with Gasteiger partial charge in [0.05, 0.1) is 16.8 Å². The summed E-state index contributed by atoms with van der Waals surface area (Å²) in [6.45, 7) is 1.75. The van der Waals surface area contributed by atoms with Crippen molar-refractivity contribution in [1.29, 1.82) is 0 Å². The van der Waals surface area contributed by atoms with Crippen LogP contribution in [-0.2, 0) is 21.4 Å². The van der Waals surface area contributed by atoms with Gasteiger partial charge in [-0.2, -0.15) is 5.10 Å². The first-order valence-corrected chi connectivity index (χ1v) is 15.0. The van der Waals surface area contributed by atoms with E-state index in [1.54, 1.807) is 30.3 Å². The van der Waals surface area contributed by atoms with Crippen molar-refractivity contribution in [3.8, 4) is 5.75 Å². The quantitative estimate of drug-likeness (QED) is 0.143. The number of carbonyl (C=O) groups is 1. The van der Waals surface area contributed by atoms with Crippen molar-refractivity contribution in [1.82, 2.24) is 5.43 Å². The summed E-state index contributed by atoms with van der Waals surface area (Å²) in [7, 11) is -4.05. The van der Waals surface area contributed by atoms with Gasteiger partial charge in [0.25, 0.3) is 15.9 Å². The van der Waals surface area contributed by atoms with E-state index in [9.17, 15) is 13.2 Å². The number of anilines is 1. The Balaban J connectivity index is 1.23. The van der Waals surface area contributed by atoms with Crippen LogP contribution in [0.15, 0.2) is 125 Å². The van der Waals surface area contributed by atoms with Crippen LogP contribution in [0.4, 0.5) is 5.69 Å². The Morgan fingerprint density at radius 3 is 2.38 bits per heavy atom. The van der Waals surface area contributed by atoms with E-state index in [1.165, 1.54) is 24.4 Å². The summed E-state index contributed by atoms with van der Waals surface area (Å²) in [5, 5.41) is 6.73. The molecule has 0 spiro atoms. The smallest absolute Gasteiger partial charge is 0.264 e. The fraction of sp³-hybridized carbons (Fsp3) is 0.0909. The zero-order chi connectivity index (χ0) is 29.5. The number of amides is 1. The molecule has 0 unspecified atom stereocenters. The highest BCUT2D eigenvalue weighted by atomic mass is 35.5. The number of hydrogen-bond donors (Lipinski definition) is 1. The average Bonchev–Trinajstić information content (AvgIpc) is 3.01. The van der Waals surface area contributed by atoms with Crippen LogP contribution in [0.3, 0.4) is 0 Å². The fourth-order valence-electron chi connectivity index (χ4n) is 4.35. The van der Waals surface area contributed by atoms with Gasteiger partial charge in [-0.3, -0.25) is 9.10 Å². The van der Waals surface area contributed by atoms with E-state index < -0.39 is 22.5 Å². The monoisotopic (exact) mass is 597 g/mol. The third-order valence-corrected chi connectivity index (χ3v) is 8.81. The topological polar surface area (TPSA) is 88.1 Å². The molecule has 0 radical (unpaired) electrons. The predicted octanol–water partition coefficient (Wildman–Crippen LogP) is 6.73. The zero-order valence-corrected chi connectivity index (χ0v) is 24.3. The Labute approximate surface area is 250 Å². The first-order valence-electron chi connectivity index (χ1n) is 13.2. The molecule has 5 rings (SSSR count). The minimum atomic E-state index is -4.05. The van der Waals surface area contributed by atoms with Crippen LogP contribution in [-0.4, -0.2) is 27.1 Å². The van der Waals surface area contributed by atoms with Gasteiger partial charge >= 0.3 is 0 Å². The number of nitrogens with one attached hydrogen (secondary N) is 1. The summed E-state index contributed by atoms with van der Waals surface area (Å²) in [5.41, 5.74) is 5.30. The molecule has 42 heavy (non-hydrogen) atoms. The first kappa shape index (κ1) is 28.9. The SMILES string of the molecule is Cc1ccc(N(CC(=O)N/N=C\c2ccc(OCc3cccc4ccccc34)cc2)S(=O)(=O)c2ccccc2)cc1Cl. The van der Waals surface area contributed by atoms with Crippen LogP contribution in [0.5, 0.6) is 5.75 Å². The predicted molar refractivity (Wildman–Crippen MR) is 168 cm³/mol. The lowest BCUT2D eigenvalue weighted by molar-refractivity contribution is -0.119. The summed E-state index contributed by atoms with van der Waals surface area (Å²) >= 11 is 6.27. The Hall–Kier alpha value is -4.66. The van der Waals surface area contributed by atoms with Crippen LogP contribution >= 0.6 is 11.6 Å². The van der Waals surface area contributed by atoms with Crippen molar-refractivity contribution in [3.05, 3.63) is 137 Å². The highest BCUT2D eigenvalue weighted by Crippen LogP contribution is 2.28. The Morgan fingerprint density at radius 1 is 0.905 bits per heavy atom. The molecule has 1 N–H and O–H groups in total. The van der Waals surface area contributed by atoms with Crippen molar-refractivity contribution in [2.45, 2.75) is 18.4 Å². The molecular formula is C33H28ClN3O4S. The maximum absolute atomic E-state index is 13.5. The second-order valence-electron chi connectivity index (χ2n) is 9.55. The molecule has 0 heterocycles. The molecule has 212 valence electrons. The third-order valence-electron chi connectivity index (χ3n) is 6.62. The summed E-state index contributed by atoms with van der Waals surface area (Å²) < 4.78 is 33.9. The maximum atomic E-state index is 13.5. The summed E-state index contributed by atoms with van der Waals surface area (Å²) in [4.78, 5) is 12.9. The number of halogens is 1. The van der Waals surface area contributed by atoms with Gasteiger partial charge in [0.1, 0.15) is 18.9 Å². The van der Waals surface area contributed by atoms with E-state index in [4.69, 9.17) is 16.3 Å². The minimum absolute atomic E-state index is 0.0563. The zero-order valence-electron chi connectivity index (χ0n) is 22.8. The summed E-state index contributed by atoms with van der Waals surface area (Å²) in [6.07, 6.45) is 1.48. The Morgan fingerprint density at radius 2 is 1.62 bits per heavy atom. The lowest BCUT2D eigenvalue weighted by Crippen LogP contribution is -2.39. The molecule has 0 aliphatic heterocycles. The third kappa shape index (κ3) is 6.79. The number of hydrazone groups is 1. The van der Waals surface area contributed by atoms with E-state index in [0.29, 0.717) is 17.4 Å². The number of nitrogens with zero attached hydrogens (tertiary/aromatic N) is 2. The molecule has 0 fully saturated rings. The number of carbonyl (C=O) groups excluding carboxylic acids is 1. The van der Waals surface area contributed by atoms with Crippen molar-refractivity contribution in [2.75, 3.05) is 10.8 Å². The molecule has 1 amide bonds. The lowest BCUT2D eigenvalue weighted by atomic mass is 10.1. The second-order valence-corrected chi connectivity index (χ2v) is 11.8. The summed E-state index contributed by atoms with van der Waals surface area (Å²) in [5.74, 6) is 0.0835. The average molecular weight is 598 g/mol. The van der Waals surface area contributed by atoms with Gasteiger partial charge in [-0.15, -0.1) is 0 Å². The normalized spacial score (nSPS) is 11.5. The van der Waals surface area contributed by atoms with Crippen LogP contribution in [0.25, 0.3) is 10.8 Å². The number of rotatable bonds is 10. The molecule has 7 nitrogen and oxygen atoms in total. The lowest BCUT2D eigenvalue weighted by Gasteiger charge is -2.24. The number of benzene rings is 5. The van der Waals surface area contributed by atoms with Crippen molar-refractivity contribution < 1.29 is 17.9 Å². The van der Waals surface area contributed by atoms with Crippen LogP contribution in [0, 0.1) is 6.92 Å². The van der Waals surface area contributed by atoms with E-state index in [1.807, 2.05) is 55.5 Å². The molecule has 0 saturated carbocycles. The molecular weight excluding hydrogens is 570 g/mol. The molecule has 9 heteroatoms. The van der Waals surface area contributed by atoms with Crippen LogP contribution < -0.4 is 14.5 Å². The highest BCUT2D eigenvalue weighted by molar-refractivity contribution is 7.92. The largest absolute Gasteiger partial charge is 0.489 e. The molecule has 0 aromatic heterocycles. The molecule has 0 bridgehead atoms. The van der Waals surface area contributed by atoms with Gasteiger partial charge in [0.2, 0.25) is 0 Å². The molecule has 5 aromatic carbocycles. The van der Waals surface area contributed by atoms with E-state index in [-0.39, 0.29) is 10.6 Å². The van der Waals surface area contributed by atoms with Crippen LogP contribution in [0.2, 0.25) is 5.02 Å². The number of sulfonamides is 1. The molecule has 5 aromatic rings. The molecule has 0 atom stereocenters. The van der Waals surface area contributed by atoms with Crippen LogP contribution in [0.1, 0.15) is 16.7 Å². The van der Waals surface area contributed by atoms with Gasteiger partial charge in [0, 0.05) is 5.02 Å². The van der Waals surface area contributed by atoms with Gasteiger partial charge in [-0.05, 0) is 82.9 Å².